The first-order chi connectivity index (χ1) is 11.0. The van der Waals surface area contributed by atoms with Gasteiger partial charge in [-0.1, -0.05) is 0 Å². The van der Waals surface area contributed by atoms with Gasteiger partial charge in [0.15, 0.2) is 0 Å². The van der Waals surface area contributed by atoms with E-state index in [2.05, 4.69) is 10.6 Å². The summed E-state index contributed by atoms with van der Waals surface area (Å²) in [6, 6.07) is 4.32. The van der Waals surface area contributed by atoms with Gasteiger partial charge in [-0.15, -0.1) is 0 Å². The minimum absolute atomic E-state index is 0.0579. The van der Waals surface area contributed by atoms with Crippen LogP contribution < -0.4 is 15.5 Å². The van der Waals surface area contributed by atoms with Crippen LogP contribution in [0.15, 0.2) is 18.2 Å². The molecule has 1 aliphatic heterocycles. The first kappa shape index (κ1) is 17.5. The first-order valence-electron chi connectivity index (χ1n) is 7.73. The Labute approximate surface area is 135 Å². The third-order valence-electron chi connectivity index (χ3n) is 3.56. The van der Waals surface area contributed by atoms with E-state index in [4.69, 9.17) is 9.47 Å². The molecule has 1 fully saturated rings. The van der Waals surface area contributed by atoms with Crippen molar-refractivity contribution in [3.63, 3.8) is 0 Å². The molecular weight excluding hydrogens is 301 g/mol. The number of hydrogen-bond donors (Lipinski definition) is 2. The molecule has 6 nitrogen and oxygen atoms in total. The summed E-state index contributed by atoms with van der Waals surface area (Å²) in [5.74, 6) is -0.360. The van der Waals surface area contributed by atoms with E-state index in [1.807, 2.05) is 18.7 Å². The van der Waals surface area contributed by atoms with E-state index >= 15 is 0 Å². The lowest BCUT2D eigenvalue weighted by Crippen LogP contribution is -2.45. The summed E-state index contributed by atoms with van der Waals surface area (Å²) in [6.45, 7) is 6.05. The van der Waals surface area contributed by atoms with Gasteiger partial charge in [-0.05, 0) is 32.0 Å². The van der Waals surface area contributed by atoms with Gasteiger partial charge in [-0.2, -0.15) is 0 Å². The van der Waals surface area contributed by atoms with E-state index in [0.717, 1.165) is 0 Å². The number of morpholine rings is 1. The highest BCUT2D eigenvalue weighted by Crippen LogP contribution is 2.26. The van der Waals surface area contributed by atoms with Gasteiger partial charge in [-0.3, -0.25) is 0 Å². The number of methoxy groups -OCH3 is 1. The van der Waals surface area contributed by atoms with Gasteiger partial charge in [0.25, 0.3) is 0 Å². The normalized spacial score (nSPS) is 21.1. The monoisotopic (exact) mass is 325 g/mol. The van der Waals surface area contributed by atoms with E-state index in [1.165, 1.54) is 6.07 Å². The maximum absolute atomic E-state index is 14.4. The summed E-state index contributed by atoms with van der Waals surface area (Å²) in [7, 11) is 1.56. The molecule has 0 aromatic heterocycles. The molecule has 1 aromatic rings. The Bertz CT molecular complexity index is 531. The zero-order chi connectivity index (χ0) is 16.8. The number of amides is 2. The lowest BCUT2D eigenvalue weighted by Gasteiger charge is -2.37. The number of benzene rings is 1. The number of carbonyl (C=O) groups is 1. The molecule has 1 aromatic carbocycles. The zero-order valence-corrected chi connectivity index (χ0v) is 13.8. The van der Waals surface area contributed by atoms with Crippen LogP contribution >= 0.6 is 0 Å². The highest BCUT2D eigenvalue weighted by atomic mass is 19.1. The summed E-state index contributed by atoms with van der Waals surface area (Å²) < 4.78 is 24.9. The second kappa shape index (κ2) is 8.12. The fourth-order valence-corrected chi connectivity index (χ4v) is 2.66. The summed E-state index contributed by atoms with van der Waals surface area (Å²) in [5, 5.41) is 5.22. The average Bonchev–Trinajstić information content (AvgIpc) is 2.46. The predicted octanol–water partition coefficient (Wildman–Crippen LogP) is 2.21. The lowest BCUT2D eigenvalue weighted by atomic mass is 10.2. The van der Waals surface area contributed by atoms with E-state index in [0.29, 0.717) is 37.6 Å². The van der Waals surface area contributed by atoms with Crippen molar-refractivity contribution in [1.29, 1.82) is 0 Å². The van der Waals surface area contributed by atoms with Crippen LogP contribution in [-0.2, 0) is 9.47 Å². The first-order valence-corrected chi connectivity index (χ1v) is 7.73. The molecular formula is C16H24FN3O3. The van der Waals surface area contributed by atoms with Crippen molar-refractivity contribution in [2.45, 2.75) is 26.1 Å². The second-order valence-electron chi connectivity index (χ2n) is 5.70. The minimum Gasteiger partial charge on any atom is -0.383 e. The molecule has 2 atom stereocenters. The van der Waals surface area contributed by atoms with Crippen molar-refractivity contribution < 1.29 is 18.7 Å². The van der Waals surface area contributed by atoms with Crippen LogP contribution in [0.5, 0.6) is 0 Å². The number of halogens is 1. The third kappa shape index (κ3) is 5.07. The number of carbonyl (C=O) groups excluding carboxylic acids is 1. The molecule has 2 rings (SSSR count). The van der Waals surface area contributed by atoms with Gasteiger partial charge < -0.3 is 25.0 Å². The predicted molar refractivity (Wildman–Crippen MR) is 87.5 cm³/mol. The summed E-state index contributed by atoms with van der Waals surface area (Å²) in [6.07, 6.45) is 0.116. The Hall–Kier alpha value is -1.86. The minimum atomic E-state index is -0.386. The quantitative estimate of drug-likeness (QED) is 0.815. The molecule has 2 amide bonds. The molecule has 7 heteroatoms. The van der Waals surface area contributed by atoms with Gasteiger partial charge >= 0.3 is 6.03 Å². The fourth-order valence-electron chi connectivity index (χ4n) is 2.66. The van der Waals surface area contributed by atoms with Crippen LogP contribution in [0.2, 0.25) is 0 Å². The highest BCUT2D eigenvalue weighted by molar-refractivity contribution is 5.89. The summed E-state index contributed by atoms with van der Waals surface area (Å²) in [5.41, 5.74) is 0.938. The van der Waals surface area contributed by atoms with Crippen molar-refractivity contribution in [3.8, 4) is 0 Å². The average molecular weight is 325 g/mol. The summed E-state index contributed by atoms with van der Waals surface area (Å²) >= 11 is 0. The number of rotatable bonds is 5. The number of nitrogens with one attached hydrogen (secondary N) is 2. The highest BCUT2D eigenvalue weighted by Gasteiger charge is 2.24. The van der Waals surface area contributed by atoms with Crippen molar-refractivity contribution in [3.05, 3.63) is 24.0 Å². The van der Waals surface area contributed by atoms with Gasteiger partial charge in [0.2, 0.25) is 0 Å². The number of nitrogens with zero attached hydrogens (tertiary/aromatic N) is 1. The Balaban J connectivity index is 1.99. The maximum atomic E-state index is 14.4. The van der Waals surface area contributed by atoms with Crippen LogP contribution in [0.25, 0.3) is 0 Å². The third-order valence-corrected chi connectivity index (χ3v) is 3.56. The molecule has 1 aliphatic rings. The van der Waals surface area contributed by atoms with E-state index in [1.54, 1.807) is 19.2 Å². The summed E-state index contributed by atoms with van der Waals surface area (Å²) in [4.78, 5) is 13.6. The van der Waals surface area contributed by atoms with Gasteiger partial charge in [0, 0.05) is 32.4 Å². The number of urea groups is 1. The SMILES string of the molecule is COCCNC(=O)Nc1ccc(N2C[C@H](C)O[C@@H](C)C2)c(F)c1. The fraction of sp³-hybridized carbons (Fsp3) is 0.562. The molecule has 2 N–H and O–H groups in total. The van der Waals surface area contributed by atoms with Crippen LogP contribution in [0, 0.1) is 5.82 Å². The van der Waals surface area contributed by atoms with Crippen LogP contribution in [-0.4, -0.2) is 51.6 Å². The van der Waals surface area contributed by atoms with Crippen LogP contribution in [0.1, 0.15) is 13.8 Å². The topological polar surface area (TPSA) is 62.8 Å². The van der Waals surface area contributed by atoms with Crippen LogP contribution in [0.3, 0.4) is 0 Å². The molecule has 0 unspecified atom stereocenters. The number of hydrogen-bond acceptors (Lipinski definition) is 4. The maximum Gasteiger partial charge on any atom is 0.319 e. The van der Waals surface area contributed by atoms with Gasteiger partial charge in [0.1, 0.15) is 5.82 Å². The largest absolute Gasteiger partial charge is 0.383 e. The van der Waals surface area contributed by atoms with Crippen LogP contribution in [0.4, 0.5) is 20.6 Å². The molecule has 0 spiro atoms. The Morgan fingerprint density at radius 1 is 1.39 bits per heavy atom. The standard InChI is InChI=1S/C16H24FN3O3/c1-11-9-20(10-12(2)23-11)15-5-4-13(8-14(15)17)19-16(21)18-6-7-22-3/h4-5,8,11-12H,6-7,9-10H2,1-3H3,(H2,18,19,21)/t11-,12-/m0/s1. The molecule has 23 heavy (non-hydrogen) atoms. The number of ether oxygens (including phenoxy) is 2. The number of anilines is 2. The van der Waals surface area contributed by atoms with Gasteiger partial charge in [0.05, 0.1) is 24.5 Å². The Morgan fingerprint density at radius 2 is 2.09 bits per heavy atom. The molecule has 0 radical (unpaired) electrons. The second-order valence-corrected chi connectivity index (χ2v) is 5.70. The van der Waals surface area contributed by atoms with Gasteiger partial charge in [-0.25, -0.2) is 9.18 Å². The van der Waals surface area contributed by atoms with Crippen molar-refractivity contribution in [2.75, 3.05) is 43.6 Å². The molecule has 128 valence electrons. The smallest absolute Gasteiger partial charge is 0.319 e. The molecule has 1 heterocycles. The van der Waals surface area contributed by atoms with Crippen molar-refractivity contribution in [2.24, 2.45) is 0 Å². The van der Waals surface area contributed by atoms with E-state index in [9.17, 15) is 9.18 Å². The molecule has 0 bridgehead atoms. The molecule has 0 saturated carbocycles. The van der Waals surface area contributed by atoms with E-state index in [-0.39, 0.29) is 24.1 Å². The van der Waals surface area contributed by atoms with E-state index < -0.39 is 0 Å². The Morgan fingerprint density at radius 3 is 2.70 bits per heavy atom. The molecule has 0 aliphatic carbocycles. The van der Waals surface area contributed by atoms with Crippen molar-refractivity contribution >= 4 is 17.4 Å². The zero-order valence-electron chi connectivity index (χ0n) is 13.8. The Kier molecular flexibility index (Phi) is 6.18. The lowest BCUT2D eigenvalue weighted by molar-refractivity contribution is -0.00539. The van der Waals surface area contributed by atoms with Crippen molar-refractivity contribution in [1.82, 2.24) is 5.32 Å². The molecule has 1 saturated heterocycles.